The van der Waals surface area contributed by atoms with Gasteiger partial charge >= 0.3 is 0 Å². The molecule has 1 N–H and O–H groups in total. The Balaban J connectivity index is 1.96. The second-order valence-electron chi connectivity index (χ2n) is 5.92. The Morgan fingerprint density at radius 3 is 2.42 bits per heavy atom. The van der Waals surface area contributed by atoms with E-state index in [1.54, 1.807) is 11.9 Å². The van der Waals surface area contributed by atoms with Crippen molar-refractivity contribution in [2.45, 2.75) is 33.2 Å². The van der Waals surface area contributed by atoms with Crippen molar-refractivity contribution in [3.8, 4) is 0 Å². The molecule has 4 nitrogen and oxygen atoms in total. The SMILES string of the molecule is CCc1cccc(C)c1NC(=O)CC(=O)N(C)Cc1ccccc1. The second-order valence-corrected chi connectivity index (χ2v) is 5.92. The number of nitrogens with zero attached hydrogens (tertiary/aromatic N) is 1. The highest BCUT2D eigenvalue weighted by Gasteiger charge is 2.16. The molecule has 0 aromatic heterocycles. The minimum absolute atomic E-state index is 0.152. The molecule has 0 aliphatic carbocycles. The third-order valence-corrected chi connectivity index (χ3v) is 4.00. The van der Waals surface area contributed by atoms with E-state index < -0.39 is 0 Å². The van der Waals surface area contributed by atoms with Crippen LogP contribution >= 0.6 is 0 Å². The summed E-state index contributed by atoms with van der Waals surface area (Å²) in [5.41, 5.74) is 3.95. The van der Waals surface area contributed by atoms with Gasteiger partial charge < -0.3 is 10.2 Å². The molecule has 0 unspecified atom stereocenters. The molecular formula is C20H24N2O2. The van der Waals surface area contributed by atoms with E-state index in [4.69, 9.17) is 0 Å². The number of para-hydroxylation sites is 1. The number of hydrogen-bond acceptors (Lipinski definition) is 2. The molecule has 0 aliphatic rings. The molecule has 2 aromatic carbocycles. The molecule has 0 atom stereocenters. The number of carbonyl (C=O) groups excluding carboxylic acids is 2. The molecule has 0 saturated carbocycles. The van der Waals surface area contributed by atoms with Crippen LogP contribution in [0.3, 0.4) is 0 Å². The van der Waals surface area contributed by atoms with Gasteiger partial charge in [-0.3, -0.25) is 9.59 Å². The molecule has 4 heteroatoms. The summed E-state index contributed by atoms with van der Waals surface area (Å²) in [6.45, 7) is 4.50. The number of aryl methyl sites for hydroxylation is 2. The van der Waals surface area contributed by atoms with Gasteiger partial charge in [-0.25, -0.2) is 0 Å². The predicted octanol–water partition coefficient (Wildman–Crippen LogP) is 3.54. The largest absolute Gasteiger partial charge is 0.341 e. The van der Waals surface area contributed by atoms with E-state index in [0.29, 0.717) is 6.54 Å². The van der Waals surface area contributed by atoms with Crippen molar-refractivity contribution < 1.29 is 9.59 Å². The van der Waals surface area contributed by atoms with Crippen molar-refractivity contribution in [2.24, 2.45) is 0 Å². The van der Waals surface area contributed by atoms with Crippen molar-refractivity contribution in [3.05, 3.63) is 65.2 Å². The van der Waals surface area contributed by atoms with E-state index >= 15 is 0 Å². The first-order chi connectivity index (χ1) is 11.5. The summed E-state index contributed by atoms with van der Waals surface area (Å²) in [4.78, 5) is 26.1. The van der Waals surface area contributed by atoms with Gasteiger partial charge in [0.1, 0.15) is 6.42 Å². The van der Waals surface area contributed by atoms with Gasteiger partial charge in [-0.05, 0) is 30.0 Å². The van der Waals surface area contributed by atoms with Crippen LogP contribution < -0.4 is 5.32 Å². The van der Waals surface area contributed by atoms with Crippen molar-refractivity contribution in [1.29, 1.82) is 0 Å². The van der Waals surface area contributed by atoms with Crippen LogP contribution in [0.5, 0.6) is 0 Å². The van der Waals surface area contributed by atoms with Gasteiger partial charge in [-0.1, -0.05) is 55.5 Å². The van der Waals surface area contributed by atoms with Gasteiger partial charge in [0.05, 0.1) is 0 Å². The second kappa shape index (κ2) is 8.29. The highest BCUT2D eigenvalue weighted by Crippen LogP contribution is 2.21. The minimum Gasteiger partial charge on any atom is -0.341 e. The zero-order valence-corrected chi connectivity index (χ0v) is 14.5. The lowest BCUT2D eigenvalue weighted by Gasteiger charge is -2.18. The topological polar surface area (TPSA) is 49.4 Å². The molecule has 0 spiro atoms. The average Bonchev–Trinajstić information content (AvgIpc) is 2.57. The van der Waals surface area contributed by atoms with Gasteiger partial charge in [-0.2, -0.15) is 0 Å². The van der Waals surface area contributed by atoms with Crippen LogP contribution in [-0.2, 0) is 22.6 Å². The maximum absolute atomic E-state index is 12.3. The third kappa shape index (κ3) is 4.69. The predicted molar refractivity (Wildman–Crippen MR) is 96.7 cm³/mol. The number of rotatable bonds is 6. The van der Waals surface area contributed by atoms with Crippen molar-refractivity contribution in [3.63, 3.8) is 0 Å². The van der Waals surface area contributed by atoms with Crippen molar-refractivity contribution >= 4 is 17.5 Å². The fraction of sp³-hybridized carbons (Fsp3) is 0.300. The van der Waals surface area contributed by atoms with Crippen molar-refractivity contribution in [1.82, 2.24) is 4.90 Å². The average molecular weight is 324 g/mol. The van der Waals surface area contributed by atoms with E-state index in [1.807, 2.05) is 62.4 Å². The van der Waals surface area contributed by atoms with Gasteiger partial charge in [0.15, 0.2) is 0 Å². The molecule has 0 bridgehead atoms. The summed E-state index contributed by atoms with van der Waals surface area (Å²) in [6.07, 6.45) is 0.681. The molecule has 0 heterocycles. The van der Waals surface area contributed by atoms with Crippen molar-refractivity contribution in [2.75, 3.05) is 12.4 Å². The monoisotopic (exact) mass is 324 g/mol. The highest BCUT2D eigenvalue weighted by molar-refractivity contribution is 6.04. The van der Waals surface area contributed by atoms with Crippen LogP contribution in [0.25, 0.3) is 0 Å². The fourth-order valence-electron chi connectivity index (χ4n) is 2.60. The minimum atomic E-state index is -0.274. The van der Waals surface area contributed by atoms with Gasteiger partial charge in [-0.15, -0.1) is 0 Å². The van der Waals surface area contributed by atoms with Gasteiger partial charge in [0.25, 0.3) is 0 Å². The number of benzene rings is 2. The lowest BCUT2D eigenvalue weighted by Crippen LogP contribution is -2.30. The molecule has 24 heavy (non-hydrogen) atoms. The first kappa shape index (κ1) is 17.7. The van der Waals surface area contributed by atoms with E-state index in [1.165, 1.54) is 0 Å². The Kier molecular flexibility index (Phi) is 6.13. The highest BCUT2D eigenvalue weighted by atomic mass is 16.2. The third-order valence-electron chi connectivity index (χ3n) is 4.00. The maximum atomic E-state index is 12.3. The molecule has 0 fully saturated rings. The van der Waals surface area contributed by atoms with E-state index in [2.05, 4.69) is 5.32 Å². The van der Waals surface area contributed by atoms with Crippen LogP contribution in [0.2, 0.25) is 0 Å². The van der Waals surface area contributed by atoms with E-state index in [0.717, 1.165) is 28.8 Å². The summed E-state index contributed by atoms with van der Waals surface area (Å²) >= 11 is 0. The molecule has 2 rings (SSSR count). The zero-order chi connectivity index (χ0) is 17.5. The Labute approximate surface area is 143 Å². The Bertz CT molecular complexity index is 711. The number of nitrogens with one attached hydrogen (secondary N) is 1. The fourth-order valence-corrected chi connectivity index (χ4v) is 2.60. The Hall–Kier alpha value is -2.62. The van der Waals surface area contributed by atoms with Crippen LogP contribution in [0.1, 0.15) is 30.0 Å². The Morgan fingerprint density at radius 1 is 1.04 bits per heavy atom. The lowest BCUT2D eigenvalue weighted by atomic mass is 10.1. The molecule has 0 aliphatic heterocycles. The first-order valence-electron chi connectivity index (χ1n) is 8.17. The van der Waals surface area contributed by atoms with Gasteiger partial charge in [0, 0.05) is 19.3 Å². The molecule has 0 saturated heterocycles. The van der Waals surface area contributed by atoms with E-state index in [-0.39, 0.29) is 18.2 Å². The van der Waals surface area contributed by atoms with Gasteiger partial charge in [0.2, 0.25) is 11.8 Å². The maximum Gasteiger partial charge on any atom is 0.233 e. The number of amides is 2. The van der Waals surface area contributed by atoms with Crippen LogP contribution in [0.4, 0.5) is 5.69 Å². The van der Waals surface area contributed by atoms with Crippen LogP contribution in [-0.4, -0.2) is 23.8 Å². The zero-order valence-electron chi connectivity index (χ0n) is 14.5. The van der Waals surface area contributed by atoms with Crippen LogP contribution in [0, 0.1) is 6.92 Å². The number of anilines is 1. The molecule has 0 radical (unpaired) electrons. The Morgan fingerprint density at radius 2 is 1.75 bits per heavy atom. The molecule has 2 aromatic rings. The van der Waals surface area contributed by atoms with E-state index in [9.17, 15) is 9.59 Å². The molecule has 126 valence electrons. The molecule has 2 amide bonds. The smallest absolute Gasteiger partial charge is 0.233 e. The molecular weight excluding hydrogens is 300 g/mol. The standard InChI is InChI=1S/C20H24N2O2/c1-4-17-12-8-9-15(2)20(17)21-18(23)13-19(24)22(3)14-16-10-6-5-7-11-16/h5-12H,4,13-14H2,1-3H3,(H,21,23). The number of carbonyl (C=O) groups is 2. The lowest BCUT2D eigenvalue weighted by molar-refractivity contribution is -0.134. The summed E-state index contributed by atoms with van der Waals surface area (Å²) in [6, 6.07) is 15.7. The van der Waals surface area contributed by atoms with Crippen LogP contribution in [0.15, 0.2) is 48.5 Å². The normalized spacial score (nSPS) is 10.3. The first-order valence-corrected chi connectivity index (χ1v) is 8.17. The summed E-state index contributed by atoms with van der Waals surface area (Å²) in [5.74, 6) is -0.466. The summed E-state index contributed by atoms with van der Waals surface area (Å²) in [7, 11) is 1.72. The summed E-state index contributed by atoms with van der Waals surface area (Å²) in [5, 5.41) is 2.89. The number of hydrogen-bond donors (Lipinski definition) is 1. The summed E-state index contributed by atoms with van der Waals surface area (Å²) < 4.78 is 0. The quantitative estimate of drug-likeness (QED) is 0.826.